The normalized spacial score (nSPS) is 27.2. The van der Waals surface area contributed by atoms with E-state index in [1.807, 2.05) is 18.7 Å². The molecule has 0 aromatic heterocycles. The van der Waals surface area contributed by atoms with Gasteiger partial charge < -0.3 is 15.5 Å². The molecule has 122 valence electrons. The lowest BCUT2D eigenvalue weighted by Crippen LogP contribution is -2.35. The fraction of sp³-hybridized carbons (Fsp3) is 0.867. The second-order valence-electron chi connectivity index (χ2n) is 6.03. The van der Waals surface area contributed by atoms with Crippen LogP contribution in [0.1, 0.15) is 39.5 Å². The van der Waals surface area contributed by atoms with Crippen molar-refractivity contribution in [2.75, 3.05) is 26.2 Å². The molecule has 1 aliphatic heterocycles. The SMILES string of the molecule is CCN(CC)C(=O)CCC(=O)N1CC2CCC(N)C2C1.Cl. The van der Waals surface area contributed by atoms with Crippen molar-refractivity contribution >= 4 is 24.2 Å². The van der Waals surface area contributed by atoms with Crippen LogP contribution >= 0.6 is 12.4 Å². The van der Waals surface area contributed by atoms with Gasteiger partial charge in [0.2, 0.25) is 11.8 Å². The van der Waals surface area contributed by atoms with E-state index in [1.54, 1.807) is 4.90 Å². The lowest BCUT2D eigenvalue weighted by Gasteiger charge is -2.21. The van der Waals surface area contributed by atoms with Crippen LogP contribution in [-0.4, -0.2) is 53.8 Å². The molecule has 0 aromatic rings. The molecule has 1 aliphatic carbocycles. The average molecular weight is 318 g/mol. The minimum Gasteiger partial charge on any atom is -0.343 e. The molecule has 2 fully saturated rings. The van der Waals surface area contributed by atoms with Gasteiger partial charge in [-0.05, 0) is 38.5 Å². The number of halogens is 1. The van der Waals surface area contributed by atoms with Crippen LogP contribution in [0.4, 0.5) is 0 Å². The third kappa shape index (κ3) is 4.10. The largest absolute Gasteiger partial charge is 0.343 e. The minimum atomic E-state index is 0. The van der Waals surface area contributed by atoms with Crippen LogP contribution < -0.4 is 5.73 Å². The highest BCUT2D eigenvalue weighted by molar-refractivity contribution is 5.85. The fourth-order valence-corrected chi connectivity index (χ4v) is 3.62. The van der Waals surface area contributed by atoms with Crippen molar-refractivity contribution in [1.82, 2.24) is 9.80 Å². The maximum absolute atomic E-state index is 12.2. The van der Waals surface area contributed by atoms with Crippen LogP contribution in [-0.2, 0) is 9.59 Å². The van der Waals surface area contributed by atoms with Gasteiger partial charge in [0.25, 0.3) is 0 Å². The fourth-order valence-electron chi connectivity index (χ4n) is 3.62. The van der Waals surface area contributed by atoms with E-state index in [1.165, 1.54) is 0 Å². The van der Waals surface area contributed by atoms with Crippen LogP contribution in [0.2, 0.25) is 0 Å². The zero-order chi connectivity index (χ0) is 14.7. The van der Waals surface area contributed by atoms with Gasteiger partial charge in [-0.15, -0.1) is 12.4 Å². The summed E-state index contributed by atoms with van der Waals surface area (Å²) in [7, 11) is 0. The lowest BCUT2D eigenvalue weighted by molar-refractivity contribution is -0.136. The Hall–Kier alpha value is -0.810. The Labute approximate surface area is 133 Å². The number of carbonyl (C=O) groups excluding carboxylic acids is 2. The van der Waals surface area contributed by atoms with Gasteiger partial charge in [-0.3, -0.25) is 9.59 Å². The minimum absolute atomic E-state index is 0. The number of likely N-dealkylation sites (tertiary alicyclic amines) is 1. The number of carbonyl (C=O) groups is 2. The summed E-state index contributed by atoms with van der Waals surface area (Å²) in [6.45, 7) is 7.00. The molecule has 5 nitrogen and oxygen atoms in total. The molecule has 1 saturated carbocycles. The highest BCUT2D eigenvalue weighted by Crippen LogP contribution is 2.37. The predicted octanol–water partition coefficient (Wildman–Crippen LogP) is 1.25. The Morgan fingerprint density at radius 3 is 2.38 bits per heavy atom. The van der Waals surface area contributed by atoms with Gasteiger partial charge in [-0.2, -0.15) is 0 Å². The van der Waals surface area contributed by atoms with Crippen LogP contribution in [0, 0.1) is 11.8 Å². The van der Waals surface area contributed by atoms with E-state index in [0.29, 0.717) is 37.8 Å². The maximum atomic E-state index is 12.2. The number of amides is 2. The molecule has 0 bridgehead atoms. The van der Waals surface area contributed by atoms with E-state index in [4.69, 9.17) is 5.73 Å². The monoisotopic (exact) mass is 317 g/mol. The second kappa shape index (κ2) is 7.99. The van der Waals surface area contributed by atoms with E-state index < -0.39 is 0 Å². The Morgan fingerprint density at radius 1 is 1.14 bits per heavy atom. The summed E-state index contributed by atoms with van der Waals surface area (Å²) >= 11 is 0. The standard InChI is InChI=1S/C15H27N3O2.ClH/c1-3-17(4-2)14(19)7-8-15(20)18-9-11-5-6-13(16)12(11)10-18;/h11-13H,3-10,16H2,1-2H3;1H. The van der Waals surface area contributed by atoms with Gasteiger partial charge in [-0.25, -0.2) is 0 Å². The average Bonchev–Trinajstić information content (AvgIpc) is 3.00. The molecule has 2 rings (SSSR count). The molecule has 1 heterocycles. The molecule has 6 heteroatoms. The summed E-state index contributed by atoms with van der Waals surface area (Å²) < 4.78 is 0. The lowest BCUT2D eigenvalue weighted by atomic mass is 9.98. The van der Waals surface area contributed by atoms with E-state index in [-0.39, 0.29) is 30.3 Å². The molecule has 3 unspecified atom stereocenters. The van der Waals surface area contributed by atoms with Crippen molar-refractivity contribution in [3.8, 4) is 0 Å². The molecular formula is C15H28ClN3O2. The first kappa shape index (κ1) is 18.2. The van der Waals surface area contributed by atoms with Crippen LogP contribution in [0.5, 0.6) is 0 Å². The van der Waals surface area contributed by atoms with Crippen LogP contribution in [0.3, 0.4) is 0 Å². The van der Waals surface area contributed by atoms with E-state index >= 15 is 0 Å². The Bertz CT molecular complexity index is 374. The highest BCUT2D eigenvalue weighted by Gasteiger charge is 2.42. The molecule has 0 radical (unpaired) electrons. The molecule has 0 aromatic carbocycles. The molecule has 21 heavy (non-hydrogen) atoms. The summed E-state index contributed by atoms with van der Waals surface area (Å²) in [6.07, 6.45) is 2.91. The summed E-state index contributed by atoms with van der Waals surface area (Å²) in [4.78, 5) is 27.8. The van der Waals surface area contributed by atoms with Crippen molar-refractivity contribution < 1.29 is 9.59 Å². The van der Waals surface area contributed by atoms with Crippen molar-refractivity contribution in [1.29, 1.82) is 0 Å². The van der Waals surface area contributed by atoms with Gasteiger partial charge >= 0.3 is 0 Å². The first-order valence-corrected chi connectivity index (χ1v) is 7.87. The topological polar surface area (TPSA) is 66.6 Å². The van der Waals surface area contributed by atoms with Gasteiger partial charge in [0.05, 0.1) is 0 Å². The zero-order valence-electron chi connectivity index (χ0n) is 13.1. The number of nitrogens with two attached hydrogens (primary N) is 1. The first-order valence-electron chi connectivity index (χ1n) is 7.87. The van der Waals surface area contributed by atoms with E-state index in [9.17, 15) is 9.59 Å². The summed E-state index contributed by atoms with van der Waals surface area (Å²) in [5.74, 6) is 1.27. The van der Waals surface area contributed by atoms with Crippen molar-refractivity contribution in [2.24, 2.45) is 17.6 Å². The zero-order valence-corrected chi connectivity index (χ0v) is 13.9. The van der Waals surface area contributed by atoms with Crippen molar-refractivity contribution in [3.63, 3.8) is 0 Å². The number of rotatable bonds is 5. The van der Waals surface area contributed by atoms with Gasteiger partial charge in [0, 0.05) is 45.1 Å². The quantitative estimate of drug-likeness (QED) is 0.830. The number of hydrogen-bond acceptors (Lipinski definition) is 3. The molecule has 0 spiro atoms. The maximum Gasteiger partial charge on any atom is 0.223 e. The third-order valence-corrected chi connectivity index (χ3v) is 4.93. The van der Waals surface area contributed by atoms with Gasteiger partial charge in [0.15, 0.2) is 0 Å². The summed E-state index contributed by atoms with van der Waals surface area (Å²) in [5, 5.41) is 0. The van der Waals surface area contributed by atoms with Gasteiger partial charge in [0.1, 0.15) is 0 Å². The molecular weight excluding hydrogens is 290 g/mol. The highest BCUT2D eigenvalue weighted by atomic mass is 35.5. The van der Waals surface area contributed by atoms with E-state index in [2.05, 4.69) is 0 Å². The van der Waals surface area contributed by atoms with Crippen molar-refractivity contribution in [2.45, 2.75) is 45.6 Å². The molecule has 2 aliphatic rings. The Kier molecular flexibility index (Phi) is 6.94. The van der Waals surface area contributed by atoms with Gasteiger partial charge in [-0.1, -0.05) is 0 Å². The summed E-state index contributed by atoms with van der Waals surface area (Å²) in [5.41, 5.74) is 6.08. The third-order valence-electron chi connectivity index (χ3n) is 4.93. The molecule has 2 amide bonds. The second-order valence-corrected chi connectivity index (χ2v) is 6.03. The Balaban J connectivity index is 0.00000220. The molecule has 1 saturated heterocycles. The van der Waals surface area contributed by atoms with Crippen LogP contribution in [0.25, 0.3) is 0 Å². The van der Waals surface area contributed by atoms with E-state index in [0.717, 1.165) is 25.9 Å². The van der Waals surface area contributed by atoms with Crippen molar-refractivity contribution in [3.05, 3.63) is 0 Å². The number of hydrogen-bond donors (Lipinski definition) is 1. The molecule has 2 N–H and O–H groups in total. The van der Waals surface area contributed by atoms with Crippen LogP contribution in [0.15, 0.2) is 0 Å². The molecule has 3 atom stereocenters. The smallest absolute Gasteiger partial charge is 0.223 e. The first-order chi connectivity index (χ1) is 9.56. The number of fused-ring (bicyclic) bond motifs is 1. The predicted molar refractivity (Wildman–Crippen MR) is 85.2 cm³/mol. The number of nitrogens with zero attached hydrogens (tertiary/aromatic N) is 2. The summed E-state index contributed by atoms with van der Waals surface area (Å²) in [6, 6.07) is 0.259. The Morgan fingerprint density at radius 2 is 1.81 bits per heavy atom.